The van der Waals surface area contributed by atoms with Gasteiger partial charge in [0.1, 0.15) is 5.75 Å². The molecule has 0 saturated heterocycles. The lowest BCUT2D eigenvalue weighted by molar-refractivity contribution is -0.118. The fraction of sp³-hybridized carbons (Fsp3) is 0.333. The van der Waals surface area contributed by atoms with Gasteiger partial charge in [0.2, 0.25) is 0 Å². The Labute approximate surface area is 136 Å². The molecule has 1 amide bonds. The standard InChI is InChI=1S/C18H22N2O3/c1-3-13(2)14-4-6-15(7-5-14)20-18(22)12-23-17-9-8-16(11-21)19-10-17/h4-10,13,21H,3,11-12H2,1-2H3,(H,20,22). The molecular weight excluding hydrogens is 292 g/mol. The van der Waals surface area contributed by atoms with E-state index in [1.807, 2.05) is 24.3 Å². The summed E-state index contributed by atoms with van der Waals surface area (Å²) in [4.78, 5) is 15.9. The van der Waals surface area contributed by atoms with Crippen LogP contribution in [0.25, 0.3) is 0 Å². The molecule has 1 unspecified atom stereocenters. The first-order chi connectivity index (χ1) is 11.1. The lowest BCUT2D eigenvalue weighted by atomic mass is 9.99. The molecule has 23 heavy (non-hydrogen) atoms. The summed E-state index contributed by atoms with van der Waals surface area (Å²) in [5.41, 5.74) is 2.57. The number of pyridine rings is 1. The molecule has 0 spiro atoms. The van der Waals surface area contributed by atoms with Crippen molar-refractivity contribution in [3.63, 3.8) is 0 Å². The van der Waals surface area contributed by atoms with Crippen LogP contribution in [0.3, 0.4) is 0 Å². The number of aliphatic hydroxyl groups is 1. The molecule has 0 fully saturated rings. The average molecular weight is 314 g/mol. The van der Waals surface area contributed by atoms with Gasteiger partial charge in [0.25, 0.3) is 5.91 Å². The summed E-state index contributed by atoms with van der Waals surface area (Å²) < 4.78 is 5.36. The summed E-state index contributed by atoms with van der Waals surface area (Å²) in [6, 6.07) is 11.2. The van der Waals surface area contributed by atoms with Crippen LogP contribution < -0.4 is 10.1 Å². The van der Waals surface area contributed by atoms with Crippen molar-refractivity contribution in [2.45, 2.75) is 32.8 Å². The zero-order chi connectivity index (χ0) is 16.7. The van der Waals surface area contributed by atoms with E-state index in [1.54, 1.807) is 12.1 Å². The first-order valence-corrected chi connectivity index (χ1v) is 7.70. The van der Waals surface area contributed by atoms with Crippen molar-refractivity contribution in [3.05, 3.63) is 53.9 Å². The number of benzene rings is 1. The zero-order valence-electron chi connectivity index (χ0n) is 13.5. The quantitative estimate of drug-likeness (QED) is 0.824. The largest absolute Gasteiger partial charge is 0.482 e. The molecule has 122 valence electrons. The Kier molecular flexibility index (Phi) is 6.11. The van der Waals surface area contributed by atoms with Crippen LogP contribution in [0.1, 0.15) is 37.4 Å². The maximum Gasteiger partial charge on any atom is 0.262 e. The normalized spacial score (nSPS) is 11.8. The molecule has 0 aliphatic carbocycles. The molecule has 2 aromatic rings. The van der Waals surface area contributed by atoms with E-state index >= 15 is 0 Å². The van der Waals surface area contributed by atoms with Gasteiger partial charge in [-0.1, -0.05) is 26.0 Å². The van der Waals surface area contributed by atoms with Gasteiger partial charge in [-0.05, 0) is 42.2 Å². The number of amides is 1. The van der Waals surface area contributed by atoms with Crippen LogP contribution >= 0.6 is 0 Å². The molecule has 1 aromatic carbocycles. The lowest BCUT2D eigenvalue weighted by Gasteiger charge is -2.11. The van der Waals surface area contributed by atoms with Crippen LogP contribution in [-0.2, 0) is 11.4 Å². The molecule has 0 saturated carbocycles. The number of aromatic nitrogens is 1. The fourth-order valence-electron chi connectivity index (χ4n) is 2.07. The zero-order valence-corrected chi connectivity index (χ0v) is 13.5. The molecule has 5 heteroatoms. The number of nitrogens with one attached hydrogen (secondary N) is 1. The smallest absolute Gasteiger partial charge is 0.262 e. The maximum absolute atomic E-state index is 11.9. The number of carbonyl (C=O) groups excluding carboxylic acids is 1. The van der Waals surface area contributed by atoms with E-state index in [-0.39, 0.29) is 19.1 Å². The predicted molar refractivity (Wildman–Crippen MR) is 89.4 cm³/mol. The molecule has 1 atom stereocenters. The fourth-order valence-corrected chi connectivity index (χ4v) is 2.07. The van der Waals surface area contributed by atoms with E-state index in [4.69, 9.17) is 9.84 Å². The van der Waals surface area contributed by atoms with Crippen LogP contribution in [0.15, 0.2) is 42.6 Å². The molecule has 0 aliphatic rings. The van der Waals surface area contributed by atoms with Crippen molar-refractivity contribution in [1.29, 1.82) is 0 Å². The summed E-state index contributed by atoms with van der Waals surface area (Å²) in [6.45, 7) is 4.12. The van der Waals surface area contributed by atoms with Gasteiger partial charge in [0.05, 0.1) is 18.5 Å². The minimum Gasteiger partial charge on any atom is -0.482 e. The molecule has 0 bridgehead atoms. The highest BCUT2D eigenvalue weighted by Crippen LogP contribution is 2.20. The molecular formula is C18H22N2O3. The van der Waals surface area contributed by atoms with Crippen LogP contribution in [0, 0.1) is 0 Å². The average Bonchev–Trinajstić information content (AvgIpc) is 2.60. The molecule has 1 heterocycles. The molecule has 5 nitrogen and oxygen atoms in total. The summed E-state index contributed by atoms with van der Waals surface area (Å²) in [5, 5.41) is 11.7. The van der Waals surface area contributed by atoms with Crippen LogP contribution in [-0.4, -0.2) is 22.6 Å². The molecule has 0 aliphatic heterocycles. The van der Waals surface area contributed by atoms with E-state index < -0.39 is 0 Å². The number of ether oxygens (including phenoxy) is 1. The van der Waals surface area contributed by atoms with Crippen molar-refractivity contribution < 1.29 is 14.6 Å². The Morgan fingerprint density at radius 3 is 2.57 bits per heavy atom. The second-order valence-electron chi connectivity index (χ2n) is 5.41. The topological polar surface area (TPSA) is 71.5 Å². The van der Waals surface area contributed by atoms with Gasteiger partial charge in [0.15, 0.2) is 6.61 Å². The second kappa shape index (κ2) is 8.29. The molecule has 0 radical (unpaired) electrons. The Hall–Kier alpha value is -2.40. The van der Waals surface area contributed by atoms with Gasteiger partial charge in [-0.3, -0.25) is 9.78 Å². The third kappa shape index (κ3) is 5.07. The number of aliphatic hydroxyl groups excluding tert-OH is 1. The SMILES string of the molecule is CCC(C)c1ccc(NC(=O)COc2ccc(CO)nc2)cc1. The summed E-state index contributed by atoms with van der Waals surface area (Å²) in [6.07, 6.45) is 2.57. The van der Waals surface area contributed by atoms with Gasteiger partial charge in [0, 0.05) is 5.69 Å². The first-order valence-electron chi connectivity index (χ1n) is 7.70. The summed E-state index contributed by atoms with van der Waals surface area (Å²) in [5.74, 6) is 0.773. The predicted octanol–water partition coefficient (Wildman–Crippen LogP) is 3.10. The Morgan fingerprint density at radius 2 is 2.00 bits per heavy atom. The highest BCUT2D eigenvalue weighted by molar-refractivity contribution is 5.91. The number of hydrogen-bond donors (Lipinski definition) is 2. The summed E-state index contributed by atoms with van der Waals surface area (Å²) in [7, 11) is 0. The van der Waals surface area contributed by atoms with Crippen LogP contribution in [0.5, 0.6) is 5.75 Å². The third-order valence-electron chi connectivity index (χ3n) is 3.71. The Balaban J connectivity index is 1.84. The minimum absolute atomic E-state index is 0.0900. The van der Waals surface area contributed by atoms with Crippen molar-refractivity contribution in [2.75, 3.05) is 11.9 Å². The van der Waals surface area contributed by atoms with E-state index in [9.17, 15) is 4.79 Å². The number of carbonyl (C=O) groups is 1. The van der Waals surface area contributed by atoms with Gasteiger partial charge in [-0.25, -0.2) is 0 Å². The van der Waals surface area contributed by atoms with Gasteiger partial charge in [-0.15, -0.1) is 0 Å². The maximum atomic E-state index is 11.9. The van der Waals surface area contributed by atoms with Gasteiger partial charge < -0.3 is 15.2 Å². The summed E-state index contributed by atoms with van der Waals surface area (Å²) >= 11 is 0. The monoisotopic (exact) mass is 314 g/mol. The van der Waals surface area contributed by atoms with E-state index in [0.29, 0.717) is 17.4 Å². The Bertz CT molecular complexity index is 624. The molecule has 2 rings (SSSR count). The number of anilines is 1. The highest BCUT2D eigenvalue weighted by atomic mass is 16.5. The van der Waals surface area contributed by atoms with Crippen molar-refractivity contribution in [2.24, 2.45) is 0 Å². The number of rotatable bonds is 7. The van der Waals surface area contributed by atoms with Crippen LogP contribution in [0.2, 0.25) is 0 Å². The van der Waals surface area contributed by atoms with Crippen LogP contribution in [0.4, 0.5) is 5.69 Å². The van der Waals surface area contributed by atoms with E-state index in [0.717, 1.165) is 12.1 Å². The van der Waals surface area contributed by atoms with E-state index in [1.165, 1.54) is 11.8 Å². The van der Waals surface area contributed by atoms with Gasteiger partial charge in [-0.2, -0.15) is 0 Å². The van der Waals surface area contributed by atoms with Crippen molar-refractivity contribution in [3.8, 4) is 5.75 Å². The number of hydrogen-bond acceptors (Lipinski definition) is 4. The number of nitrogens with zero attached hydrogens (tertiary/aromatic N) is 1. The van der Waals surface area contributed by atoms with Crippen molar-refractivity contribution >= 4 is 11.6 Å². The lowest BCUT2D eigenvalue weighted by Crippen LogP contribution is -2.20. The Morgan fingerprint density at radius 1 is 1.26 bits per heavy atom. The van der Waals surface area contributed by atoms with Crippen molar-refractivity contribution in [1.82, 2.24) is 4.98 Å². The first kappa shape index (κ1) is 17.0. The van der Waals surface area contributed by atoms with E-state index in [2.05, 4.69) is 24.1 Å². The second-order valence-corrected chi connectivity index (χ2v) is 5.41. The highest BCUT2D eigenvalue weighted by Gasteiger charge is 2.06. The van der Waals surface area contributed by atoms with Gasteiger partial charge >= 0.3 is 0 Å². The minimum atomic E-state index is -0.229. The molecule has 2 N–H and O–H groups in total. The third-order valence-corrected chi connectivity index (χ3v) is 3.71. The molecule has 1 aromatic heterocycles.